The molecule has 184 valence electrons. The molecule has 0 saturated heterocycles. The summed E-state index contributed by atoms with van der Waals surface area (Å²) in [7, 11) is 0. The second-order valence-corrected chi connectivity index (χ2v) is 7.81. The number of esters is 3. The summed E-state index contributed by atoms with van der Waals surface area (Å²) < 4.78 is 16.0. The number of rotatable bonds is 14. The van der Waals surface area contributed by atoms with E-state index in [2.05, 4.69) is 13.2 Å². The van der Waals surface area contributed by atoms with Gasteiger partial charge in [-0.15, -0.1) is 6.58 Å². The van der Waals surface area contributed by atoms with E-state index >= 15 is 0 Å². The van der Waals surface area contributed by atoms with E-state index < -0.39 is 48.4 Å². The lowest BCUT2D eigenvalue weighted by Crippen LogP contribution is -2.39. The summed E-state index contributed by atoms with van der Waals surface area (Å²) in [6, 6.07) is 16.1. The number of Topliss-reactive ketones (excluding diaryl/α,β-unsaturated/α-hetero) is 1. The van der Waals surface area contributed by atoms with Gasteiger partial charge < -0.3 is 14.2 Å². The van der Waals surface area contributed by atoms with E-state index in [0.29, 0.717) is 6.42 Å². The van der Waals surface area contributed by atoms with Gasteiger partial charge in [0.1, 0.15) is 0 Å². The van der Waals surface area contributed by atoms with Crippen molar-refractivity contribution in [2.75, 3.05) is 0 Å². The molecular formula is C28H30O7. The smallest absolute Gasteiger partial charge is 0.339 e. The molecule has 0 bridgehead atoms. The second kappa shape index (κ2) is 14.3. The Morgan fingerprint density at radius 2 is 1.37 bits per heavy atom. The van der Waals surface area contributed by atoms with Crippen molar-refractivity contribution in [3.63, 3.8) is 0 Å². The van der Waals surface area contributed by atoms with Crippen LogP contribution in [0, 0.1) is 0 Å². The molecule has 0 fully saturated rings. The molecule has 0 aliphatic heterocycles. The van der Waals surface area contributed by atoms with Crippen molar-refractivity contribution >= 4 is 23.7 Å². The Hall–Kier alpha value is -4.00. The van der Waals surface area contributed by atoms with Crippen LogP contribution < -0.4 is 0 Å². The molecule has 2 rings (SSSR count). The normalized spacial score (nSPS) is 12.9. The first-order valence-electron chi connectivity index (χ1n) is 11.3. The number of ether oxygens (including phenoxy) is 3. The van der Waals surface area contributed by atoms with Crippen molar-refractivity contribution in [3.05, 3.63) is 97.1 Å². The fourth-order valence-electron chi connectivity index (χ4n) is 3.17. The summed E-state index contributed by atoms with van der Waals surface area (Å²) in [4.78, 5) is 50.8. The Morgan fingerprint density at radius 3 is 1.89 bits per heavy atom. The predicted octanol–water partition coefficient (Wildman–Crippen LogP) is 4.87. The predicted molar refractivity (Wildman–Crippen MR) is 131 cm³/mol. The Labute approximate surface area is 205 Å². The van der Waals surface area contributed by atoms with Crippen LogP contribution in [0.1, 0.15) is 53.3 Å². The van der Waals surface area contributed by atoms with Crippen LogP contribution >= 0.6 is 0 Å². The van der Waals surface area contributed by atoms with Crippen molar-refractivity contribution in [1.82, 2.24) is 0 Å². The molecule has 0 unspecified atom stereocenters. The van der Waals surface area contributed by atoms with Crippen LogP contribution in [0.15, 0.2) is 86.0 Å². The lowest BCUT2D eigenvalue weighted by Gasteiger charge is -2.21. The number of ketones is 1. The number of hydrogen-bond acceptors (Lipinski definition) is 7. The highest BCUT2D eigenvalue weighted by Crippen LogP contribution is 2.15. The van der Waals surface area contributed by atoms with E-state index in [-0.39, 0.29) is 11.1 Å². The molecule has 0 aliphatic carbocycles. The zero-order valence-corrected chi connectivity index (χ0v) is 19.8. The Bertz CT molecular complexity index is 1010. The van der Waals surface area contributed by atoms with E-state index in [9.17, 15) is 19.2 Å². The van der Waals surface area contributed by atoms with Crippen molar-refractivity contribution in [1.29, 1.82) is 0 Å². The highest BCUT2D eigenvalue weighted by Gasteiger charge is 2.34. The first kappa shape index (κ1) is 27.2. The average molecular weight is 479 g/mol. The van der Waals surface area contributed by atoms with Crippen molar-refractivity contribution in [3.8, 4) is 0 Å². The van der Waals surface area contributed by atoms with Crippen molar-refractivity contribution < 1.29 is 33.4 Å². The van der Waals surface area contributed by atoms with Crippen molar-refractivity contribution in [2.45, 2.75) is 50.9 Å². The second-order valence-electron chi connectivity index (χ2n) is 7.81. The SMILES string of the molecule is C=CCCC[C@H](C)OC(=O)C[C@@H](OC(=O)c1ccccc1)C(=O)[C@H](C=C)OC(=O)c1ccccc1. The van der Waals surface area contributed by atoms with Gasteiger partial charge in [0, 0.05) is 0 Å². The number of allylic oxidation sites excluding steroid dienone is 1. The molecule has 0 amide bonds. The van der Waals surface area contributed by atoms with E-state index in [1.807, 2.05) is 0 Å². The van der Waals surface area contributed by atoms with Gasteiger partial charge in [-0.1, -0.05) is 49.1 Å². The summed E-state index contributed by atoms with van der Waals surface area (Å²) in [5.41, 5.74) is 0.436. The van der Waals surface area contributed by atoms with Crippen LogP contribution in [0.3, 0.4) is 0 Å². The van der Waals surface area contributed by atoms with E-state index in [0.717, 1.165) is 18.9 Å². The molecule has 2 aromatic rings. The number of unbranched alkanes of at least 4 members (excludes halogenated alkanes) is 1. The minimum absolute atomic E-state index is 0.202. The van der Waals surface area contributed by atoms with Crippen molar-refractivity contribution in [2.24, 2.45) is 0 Å². The van der Waals surface area contributed by atoms with E-state index in [1.54, 1.807) is 49.4 Å². The standard InChI is InChI=1S/C28H30O7/c1-4-6-9-14-20(3)33-25(29)19-24(35-28(32)22-17-12-8-13-18-22)26(30)23(5-2)34-27(31)21-15-10-7-11-16-21/h4-5,7-8,10-13,15-18,20,23-24H,1-2,6,9,14,19H2,3H3/t20-,23-,24+/m0/s1. The molecular weight excluding hydrogens is 448 g/mol. The van der Waals surface area contributed by atoms with Crippen LogP contribution in [-0.4, -0.2) is 42.0 Å². The zero-order chi connectivity index (χ0) is 25.6. The van der Waals surface area contributed by atoms with Gasteiger partial charge in [0.25, 0.3) is 0 Å². The first-order chi connectivity index (χ1) is 16.8. The third-order valence-corrected chi connectivity index (χ3v) is 5.02. The minimum Gasteiger partial charge on any atom is -0.463 e. The molecule has 7 heteroatoms. The highest BCUT2D eigenvalue weighted by molar-refractivity contribution is 5.98. The van der Waals surface area contributed by atoms with Gasteiger partial charge in [0.15, 0.2) is 12.2 Å². The summed E-state index contributed by atoms with van der Waals surface area (Å²) in [6.45, 7) is 8.95. The van der Waals surface area contributed by atoms with Crippen LogP contribution in [-0.2, 0) is 23.8 Å². The molecule has 35 heavy (non-hydrogen) atoms. The third kappa shape index (κ3) is 9.04. The molecule has 0 aromatic heterocycles. The summed E-state index contributed by atoms with van der Waals surface area (Å²) in [5.74, 6) is -3.07. The van der Waals surface area contributed by atoms with Crippen LogP contribution in [0.25, 0.3) is 0 Å². The number of carbonyl (C=O) groups is 4. The summed E-state index contributed by atoms with van der Waals surface area (Å²) >= 11 is 0. The van der Waals surface area contributed by atoms with Gasteiger partial charge in [-0.25, -0.2) is 9.59 Å². The summed E-state index contributed by atoms with van der Waals surface area (Å²) in [5, 5.41) is 0. The average Bonchev–Trinajstić information content (AvgIpc) is 2.87. The molecule has 7 nitrogen and oxygen atoms in total. The Morgan fingerprint density at radius 1 is 0.829 bits per heavy atom. The van der Waals surface area contributed by atoms with Gasteiger partial charge in [-0.2, -0.15) is 0 Å². The van der Waals surface area contributed by atoms with Gasteiger partial charge in [-0.3, -0.25) is 9.59 Å². The Kier molecular flexibility index (Phi) is 11.1. The lowest BCUT2D eigenvalue weighted by molar-refractivity contribution is -0.154. The Balaban J connectivity index is 2.15. The lowest BCUT2D eigenvalue weighted by atomic mass is 10.1. The molecule has 0 heterocycles. The number of benzene rings is 2. The quantitative estimate of drug-likeness (QED) is 0.165. The molecule has 2 aromatic carbocycles. The van der Waals surface area contributed by atoms with Gasteiger partial charge >= 0.3 is 17.9 Å². The van der Waals surface area contributed by atoms with Gasteiger partial charge in [0.05, 0.1) is 23.7 Å². The maximum absolute atomic E-state index is 13.2. The van der Waals surface area contributed by atoms with Crippen LogP contribution in [0.2, 0.25) is 0 Å². The molecule has 0 N–H and O–H groups in total. The fraction of sp³-hybridized carbons (Fsp3) is 0.286. The molecule has 0 radical (unpaired) electrons. The van der Waals surface area contributed by atoms with Crippen LogP contribution in [0.4, 0.5) is 0 Å². The monoisotopic (exact) mass is 478 g/mol. The maximum atomic E-state index is 13.2. The number of hydrogen-bond donors (Lipinski definition) is 0. The van der Waals surface area contributed by atoms with E-state index in [4.69, 9.17) is 14.2 Å². The minimum atomic E-state index is -1.54. The maximum Gasteiger partial charge on any atom is 0.339 e. The molecule has 0 saturated carbocycles. The molecule has 0 spiro atoms. The van der Waals surface area contributed by atoms with E-state index in [1.165, 1.54) is 24.3 Å². The molecule has 3 atom stereocenters. The fourth-order valence-corrected chi connectivity index (χ4v) is 3.17. The van der Waals surface area contributed by atoms with Gasteiger partial charge in [-0.05, 0) is 56.5 Å². The first-order valence-corrected chi connectivity index (χ1v) is 11.3. The number of carbonyl (C=O) groups excluding carboxylic acids is 4. The highest BCUT2D eigenvalue weighted by atomic mass is 16.6. The van der Waals surface area contributed by atoms with Crippen LogP contribution in [0.5, 0.6) is 0 Å². The topological polar surface area (TPSA) is 96.0 Å². The summed E-state index contributed by atoms with van der Waals surface area (Å²) in [6.07, 6.45) is 1.18. The van der Waals surface area contributed by atoms with Gasteiger partial charge in [0.2, 0.25) is 5.78 Å². The molecule has 0 aliphatic rings. The zero-order valence-electron chi connectivity index (χ0n) is 19.8. The third-order valence-electron chi connectivity index (χ3n) is 5.02. The largest absolute Gasteiger partial charge is 0.463 e.